The van der Waals surface area contributed by atoms with E-state index >= 15 is 0 Å². The number of hydrogen-bond donors (Lipinski definition) is 2. The molecule has 1 aromatic carbocycles. The molecule has 136 valence electrons. The predicted octanol–water partition coefficient (Wildman–Crippen LogP) is 1.94. The molecular formula is C19H26N2O4. The largest absolute Gasteiger partial charge is 0.467 e. The van der Waals surface area contributed by atoms with Crippen molar-refractivity contribution in [1.29, 1.82) is 0 Å². The minimum absolute atomic E-state index is 0.0736. The number of carbonyl (C=O) groups is 3. The first-order chi connectivity index (χ1) is 11.9. The minimum Gasteiger partial charge on any atom is -0.467 e. The van der Waals surface area contributed by atoms with Crippen molar-refractivity contribution in [3.8, 4) is 0 Å². The van der Waals surface area contributed by atoms with Crippen LogP contribution in [-0.2, 0) is 19.1 Å². The molecule has 0 spiro atoms. The average Bonchev–Trinajstić information content (AvgIpc) is 2.79. The second-order valence-electron chi connectivity index (χ2n) is 6.56. The Labute approximate surface area is 148 Å². The van der Waals surface area contributed by atoms with E-state index in [1.54, 1.807) is 0 Å². The molecule has 2 rings (SSSR count). The summed E-state index contributed by atoms with van der Waals surface area (Å²) in [5, 5.41) is 5.55. The summed E-state index contributed by atoms with van der Waals surface area (Å²) in [5.41, 5.74) is 2.81. The van der Waals surface area contributed by atoms with Gasteiger partial charge in [0.25, 0.3) is 0 Å². The molecule has 0 unspecified atom stereocenters. The highest BCUT2D eigenvalue weighted by Crippen LogP contribution is 2.20. The summed E-state index contributed by atoms with van der Waals surface area (Å²) in [7, 11) is 1.29. The van der Waals surface area contributed by atoms with Gasteiger partial charge < -0.3 is 15.4 Å². The molecule has 1 fully saturated rings. The van der Waals surface area contributed by atoms with E-state index in [0.717, 1.165) is 24.0 Å². The smallest absolute Gasteiger partial charge is 0.333 e. The molecule has 1 saturated heterocycles. The molecule has 6 nitrogen and oxygen atoms in total. The number of carbonyl (C=O) groups excluding carboxylic acids is 3. The predicted molar refractivity (Wildman–Crippen MR) is 93.8 cm³/mol. The minimum atomic E-state index is -0.870. The van der Waals surface area contributed by atoms with Gasteiger partial charge >= 0.3 is 5.97 Å². The zero-order valence-corrected chi connectivity index (χ0v) is 15.1. The molecule has 1 aliphatic rings. The molecule has 25 heavy (non-hydrogen) atoms. The lowest BCUT2D eigenvalue weighted by atomic mass is 9.97. The molecule has 0 aliphatic carbocycles. The third-order valence-corrected chi connectivity index (χ3v) is 4.69. The molecule has 1 aliphatic heterocycles. The van der Waals surface area contributed by atoms with E-state index in [0.29, 0.717) is 18.5 Å². The van der Waals surface area contributed by atoms with Crippen LogP contribution in [-0.4, -0.2) is 31.4 Å². The van der Waals surface area contributed by atoms with Gasteiger partial charge in [-0.1, -0.05) is 24.6 Å². The van der Waals surface area contributed by atoms with Crippen molar-refractivity contribution in [3.63, 3.8) is 0 Å². The Hall–Kier alpha value is -2.37. The molecule has 0 bridgehead atoms. The molecule has 1 aromatic rings. The molecule has 0 aromatic heterocycles. The van der Waals surface area contributed by atoms with Gasteiger partial charge in [0.2, 0.25) is 11.8 Å². The van der Waals surface area contributed by atoms with Gasteiger partial charge in [-0.15, -0.1) is 0 Å². The van der Waals surface area contributed by atoms with Gasteiger partial charge in [0.15, 0.2) is 6.04 Å². The van der Waals surface area contributed by atoms with Gasteiger partial charge in [0.05, 0.1) is 7.11 Å². The van der Waals surface area contributed by atoms with E-state index in [1.807, 2.05) is 32.0 Å². The Bertz CT molecular complexity index is 657. The van der Waals surface area contributed by atoms with Crippen LogP contribution in [0, 0.1) is 19.8 Å². The van der Waals surface area contributed by atoms with Crippen molar-refractivity contribution in [2.24, 2.45) is 5.92 Å². The molecule has 0 saturated carbocycles. The standard InChI is InChI=1S/C19H26N2O4/c1-12-7-8-14(10-13(12)2)17(19(24)25-3)21-16(22)11-15-6-4-5-9-20-18(15)23/h7-8,10,15,17H,4-6,9,11H2,1-3H3,(H,20,23)(H,21,22)/t15-,17-/m1/s1. The maximum Gasteiger partial charge on any atom is 0.333 e. The maximum absolute atomic E-state index is 12.4. The highest BCUT2D eigenvalue weighted by atomic mass is 16.5. The topological polar surface area (TPSA) is 84.5 Å². The number of esters is 1. The molecule has 2 atom stereocenters. The van der Waals surface area contributed by atoms with E-state index < -0.39 is 12.0 Å². The van der Waals surface area contributed by atoms with Crippen LogP contribution in [0.25, 0.3) is 0 Å². The van der Waals surface area contributed by atoms with E-state index in [4.69, 9.17) is 4.74 Å². The average molecular weight is 346 g/mol. The summed E-state index contributed by atoms with van der Waals surface area (Å²) in [5.74, 6) is -1.29. The molecule has 2 amide bonds. The van der Waals surface area contributed by atoms with E-state index in [2.05, 4.69) is 10.6 Å². The number of aryl methyl sites for hydroxylation is 2. The lowest BCUT2D eigenvalue weighted by Gasteiger charge is -2.19. The fourth-order valence-corrected chi connectivity index (χ4v) is 2.98. The van der Waals surface area contributed by atoms with Crippen LogP contribution >= 0.6 is 0 Å². The van der Waals surface area contributed by atoms with Crippen LogP contribution in [0.4, 0.5) is 0 Å². The van der Waals surface area contributed by atoms with Crippen molar-refractivity contribution < 1.29 is 19.1 Å². The fourth-order valence-electron chi connectivity index (χ4n) is 2.98. The number of hydrogen-bond acceptors (Lipinski definition) is 4. The van der Waals surface area contributed by atoms with Gasteiger partial charge in [0, 0.05) is 18.9 Å². The number of amides is 2. The third-order valence-electron chi connectivity index (χ3n) is 4.69. The fraction of sp³-hybridized carbons (Fsp3) is 0.526. The monoisotopic (exact) mass is 346 g/mol. The number of nitrogens with one attached hydrogen (secondary N) is 2. The van der Waals surface area contributed by atoms with Gasteiger partial charge in [-0.05, 0) is 43.4 Å². The van der Waals surface area contributed by atoms with Crippen LogP contribution in [0.3, 0.4) is 0 Å². The summed E-state index contributed by atoms with van der Waals surface area (Å²) >= 11 is 0. The van der Waals surface area contributed by atoms with Crippen molar-refractivity contribution in [3.05, 3.63) is 34.9 Å². The second kappa shape index (κ2) is 8.65. The zero-order valence-electron chi connectivity index (χ0n) is 15.1. The number of benzene rings is 1. The third kappa shape index (κ3) is 5.05. The first-order valence-corrected chi connectivity index (χ1v) is 8.64. The number of ether oxygens (including phenoxy) is 1. The second-order valence-corrected chi connectivity index (χ2v) is 6.56. The lowest BCUT2D eigenvalue weighted by Crippen LogP contribution is -2.38. The Balaban J connectivity index is 2.10. The van der Waals surface area contributed by atoms with Gasteiger partial charge in [-0.2, -0.15) is 0 Å². The highest BCUT2D eigenvalue weighted by Gasteiger charge is 2.28. The van der Waals surface area contributed by atoms with Crippen molar-refractivity contribution in [2.75, 3.05) is 13.7 Å². The summed E-state index contributed by atoms with van der Waals surface area (Å²) in [6.07, 6.45) is 2.60. The van der Waals surface area contributed by atoms with Crippen LogP contribution in [0.15, 0.2) is 18.2 Å². The Morgan fingerprint density at radius 2 is 2.04 bits per heavy atom. The van der Waals surface area contributed by atoms with Crippen LogP contribution in [0.1, 0.15) is 48.4 Å². The van der Waals surface area contributed by atoms with Gasteiger partial charge in [-0.25, -0.2) is 4.79 Å². The molecular weight excluding hydrogens is 320 g/mol. The Morgan fingerprint density at radius 1 is 1.28 bits per heavy atom. The summed E-state index contributed by atoms with van der Waals surface area (Å²) in [4.78, 5) is 36.6. The van der Waals surface area contributed by atoms with E-state index in [-0.39, 0.29) is 24.2 Å². The summed E-state index contributed by atoms with van der Waals surface area (Å²) in [6.45, 7) is 4.59. The lowest BCUT2D eigenvalue weighted by molar-refractivity contribution is -0.145. The summed E-state index contributed by atoms with van der Waals surface area (Å²) in [6, 6.07) is 4.72. The zero-order chi connectivity index (χ0) is 18.4. The normalized spacial score (nSPS) is 18.7. The van der Waals surface area contributed by atoms with Crippen LogP contribution in [0.5, 0.6) is 0 Å². The number of rotatable bonds is 5. The van der Waals surface area contributed by atoms with Crippen LogP contribution < -0.4 is 10.6 Å². The van der Waals surface area contributed by atoms with E-state index in [9.17, 15) is 14.4 Å². The first-order valence-electron chi connectivity index (χ1n) is 8.64. The molecule has 1 heterocycles. The van der Waals surface area contributed by atoms with Gasteiger partial charge in [0.1, 0.15) is 0 Å². The number of methoxy groups -OCH3 is 1. The molecule has 0 radical (unpaired) electrons. The Morgan fingerprint density at radius 3 is 2.72 bits per heavy atom. The summed E-state index contributed by atoms with van der Waals surface area (Å²) < 4.78 is 4.84. The maximum atomic E-state index is 12.4. The first kappa shape index (κ1) is 19.0. The SMILES string of the molecule is COC(=O)[C@H](NC(=O)C[C@H]1CCCCNC1=O)c1ccc(C)c(C)c1. The van der Waals surface area contributed by atoms with Crippen molar-refractivity contribution >= 4 is 17.8 Å². The molecule has 6 heteroatoms. The molecule has 2 N–H and O–H groups in total. The van der Waals surface area contributed by atoms with E-state index in [1.165, 1.54) is 7.11 Å². The van der Waals surface area contributed by atoms with Crippen molar-refractivity contribution in [2.45, 2.75) is 45.6 Å². The Kier molecular flexibility index (Phi) is 6.56. The quantitative estimate of drug-likeness (QED) is 0.798. The van der Waals surface area contributed by atoms with Gasteiger partial charge in [-0.3, -0.25) is 9.59 Å². The van der Waals surface area contributed by atoms with Crippen molar-refractivity contribution in [1.82, 2.24) is 10.6 Å². The van der Waals surface area contributed by atoms with Crippen LogP contribution in [0.2, 0.25) is 0 Å². The highest BCUT2D eigenvalue weighted by molar-refractivity contribution is 5.89.